The summed E-state index contributed by atoms with van der Waals surface area (Å²) in [5, 5.41) is 5.09. The molecule has 2 aromatic heterocycles. The summed E-state index contributed by atoms with van der Waals surface area (Å²) < 4.78 is 4.56. The summed E-state index contributed by atoms with van der Waals surface area (Å²) in [5.41, 5.74) is 10.5. The molecule has 6 aromatic rings. The maximum absolute atomic E-state index is 3.87. The van der Waals surface area contributed by atoms with Gasteiger partial charge < -0.3 is 19.4 Å². The van der Waals surface area contributed by atoms with Crippen LogP contribution in [-0.4, -0.2) is 14.0 Å². The van der Waals surface area contributed by atoms with Crippen molar-refractivity contribution >= 4 is 28.8 Å². The van der Waals surface area contributed by atoms with Crippen molar-refractivity contribution in [1.82, 2.24) is 19.4 Å². The van der Waals surface area contributed by atoms with E-state index in [1.54, 1.807) is 0 Å². The van der Waals surface area contributed by atoms with Crippen LogP contribution in [0.1, 0.15) is 23.1 Å². The fraction of sp³-hybridized carbons (Fsp3) is 0.0256. The molecule has 2 aliphatic rings. The Kier molecular flexibility index (Phi) is 6.16. The lowest BCUT2D eigenvalue weighted by atomic mass is 10.0. The van der Waals surface area contributed by atoms with E-state index in [0.717, 1.165) is 22.8 Å². The maximum atomic E-state index is 3.87. The smallest absolute Gasteiger partial charge is 0.186 e. The monoisotopic (exact) mass is 554 g/mol. The average molecular weight is 555 g/mol. The van der Waals surface area contributed by atoms with Crippen molar-refractivity contribution in [3.8, 4) is 16.8 Å². The van der Waals surface area contributed by atoms with Crippen LogP contribution in [0.4, 0.5) is 0 Å². The van der Waals surface area contributed by atoms with Gasteiger partial charge in [0.25, 0.3) is 0 Å². The average Bonchev–Trinajstić information content (AvgIpc) is 3.80. The number of fused-ring (bicyclic) bond motifs is 2. The largest absolute Gasteiger partial charge is 0.345 e. The van der Waals surface area contributed by atoms with Crippen molar-refractivity contribution in [1.29, 1.82) is 0 Å². The Balaban J connectivity index is 1.14. The molecular formula is C39H30N4. The number of benzene rings is 4. The number of nitrogens with one attached hydrogen (secondary N) is 1. The van der Waals surface area contributed by atoms with E-state index in [9.17, 15) is 0 Å². The zero-order valence-electron chi connectivity index (χ0n) is 23.6. The predicted molar refractivity (Wildman–Crippen MR) is 178 cm³/mol. The van der Waals surface area contributed by atoms with E-state index in [2.05, 4.69) is 184 Å². The van der Waals surface area contributed by atoms with Crippen LogP contribution in [0.5, 0.6) is 0 Å². The summed E-state index contributed by atoms with van der Waals surface area (Å²) in [4.78, 5) is 2.32. The molecule has 0 bridgehead atoms. The van der Waals surface area contributed by atoms with Gasteiger partial charge in [-0.25, -0.2) is 0 Å². The van der Waals surface area contributed by atoms with Crippen molar-refractivity contribution < 1.29 is 0 Å². The minimum Gasteiger partial charge on any atom is -0.345 e. The molecule has 0 spiro atoms. The Morgan fingerprint density at radius 2 is 1.35 bits per heavy atom. The summed E-state index contributed by atoms with van der Waals surface area (Å²) in [6, 6.07) is 42.7. The number of hydrogen-bond acceptors (Lipinski definition) is 2. The fourth-order valence-electron chi connectivity index (χ4n) is 6.14. The van der Waals surface area contributed by atoms with Crippen LogP contribution >= 0.6 is 0 Å². The molecule has 0 radical (unpaired) electrons. The van der Waals surface area contributed by atoms with Gasteiger partial charge in [0.15, 0.2) is 6.29 Å². The molecule has 0 saturated heterocycles. The third-order valence-corrected chi connectivity index (χ3v) is 8.25. The zero-order valence-corrected chi connectivity index (χ0v) is 23.6. The topological polar surface area (TPSA) is 25.1 Å². The van der Waals surface area contributed by atoms with Crippen molar-refractivity contribution in [3.63, 3.8) is 0 Å². The van der Waals surface area contributed by atoms with E-state index in [4.69, 9.17) is 0 Å². The molecule has 0 aliphatic carbocycles. The minimum atomic E-state index is -0.0970. The van der Waals surface area contributed by atoms with Crippen molar-refractivity contribution in [3.05, 3.63) is 181 Å². The third kappa shape index (κ3) is 4.50. The molecule has 4 heteroatoms. The molecule has 1 atom stereocenters. The van der Waals surface area contributed by atoms with E-state index in [1.807, 2.05) is 6.07 Å². The van der Waals surface area contributed by atoms with Crippen LogP contribution < -0.4 is 5.32 Å². The van der Waals surface area contributed by atoms with Gasteiger partial charge in [-0.3, -0.25) is 0 Å². The summed E-state index contributed by atoms with van der Waals surface area (Å²) in [6.07, 6.45) is 17.3. The normalized spacial score (nSPS) is 15.9. The Hall–Kier alpha value is -5.74. The van der Waals surface area contributed by atoms with Gasteiger partial charge in [0.05, 0.1) is 16.9 Å². The number of aromatic nitrogens is 2. The van der Waals surface area contributed by atoms with Crippen molar-refractivity contribution in [2.24, 2.45) is 0 Å². The highest BCUT2D eigenvalue weighted by Crippen LogP contribution is 2.38. The molecule has 43 heavy (non-hydrogen) atoms. The fourth-order valence-corrected chi connectivity index (χ4v) is 6.14. The van der Waals surface area contributed by atoms with Gasteiger partial charge in [-0.2, -0.15) is 0 Å². The van der Waals surface area contributed by atoms with Crippen LogP contribution in [0.25, 0.3) is 45.6 Å². The van der Waals surface area contributed by atoms with E-state index in [-0.39, 0.29) is 6.29 Å². The highest BCUT2D eigenvalue weighted by atomic mass is 15.4. The Labute approximate surface area is 251 Å². The molecule has 1 N–H and O–H groups in total. The van der Waals surface area contributed by atoms with Gasteiger partial charge in [-0.05, 0) is 65.3 Å². The first-order chi connectivity index (χ1) is 21.3. The number of para-hydroxylation sites is 2. The SMILES string of the molecule is C1=CC2=C(c3ccc(-c4ccccc4)cc3)NC(n3cc(/C=C\c4cccn4-c4ccccc4)c4ccccc43)N2C=C1. The molecule has 206 valence electrons. The first-order valence-electron chi connectivity index (χ1n) is 14.6. The molecule has 4 nitrogen and oxygen atoms in total. The summed E-state index contributed by atoms with van der Waals surface area (Å²) >= 11 is 0. The molecule has 4 heterocycles. The summed E-state index contributed by atoms with van der Waals surface area (Å²) in [5.74, 6) is 0. The molecule has 2 aliphatic heterocycles. The Bertz CT molecular complexity index is 2040. The second-order valence-electron chi connectivity index (χ2n) is 10.8. The van der Waals surface area contributed by atoms with Gasteiger partial charge >= 0.3 is 0 Å². The van der Waals surface area contributed by atoms with Crippen LogP contribution in [-0.2, 0) is 0 Å². The second-order valence-corrected chi connectivity index (χ2v) is 10.8. The lowest BCUT2D eigenvalue weighted by molar-refractivity contribution is 0.269. The minimum absolute atomic E-state index is 0.0970. The molecule has 0 fully saturated rings. The van der Waals surface area contributed by atoms with E-state index in [0.29, 0.717) is 0 Å². The van der Waals surface area contributed by atoms with Crippen LogP contribution in [0.3, 0.4) is 0 Å². The van der Waals surface area contributed by atoms with Crippen LogP contribution in [0, 0.1) is 0 Å². The van der Waals surface area contributed by atoms with Crippen LogP contribution in [0.2, 0.25) is 0 Å². The number of allylic oxidation sites excluding steroid dienone is 3. The number of nitrogens with zero attached hydrogens (tertiary/aromatic N) is 3. The number of rotatable bonds is 6. The van der Waals surface area contributed by atoms with Crippen LogP contribution in [0.15, 0.2) is 164 Å². The Morgan fingerprint density at radius 1 is 0.628 bits per heavy atom. The highest BCUT2D eigenvalue weighted by Gasteiger charge is 2.32. The van der Waals surface area contributed by atoms with Crippen molar-refractivity contribution in [2.45, 2.75) is 6.29 Å². The number of hydrogen-bond donors (Lipinski definition) is 1. The molecule has 4 aromatic carbocycles. The maximum Gasteiger partial charge on any atom is 0.186 e. The van der Waals surface area contributed by atoms with Gasteiger partial charge in [-0.15, -0.1) is 0 Å². The lowest BCUT2D eigenvalue weighted by Crippen LogP contribution is -2.30. The predicted octanol–water partition coefficient (Wildman–Crippen LogP) is 9.08. The van der Waals surface area contributed by atoms with E-state index in [1.165, 1.54) is 33.2 Å². The van der Waals surface area contributed by atoms with E-state index < -0.39 is 0 Å². The summed E-state index contributed by atoms with van der Waals surface area (Å²) in [6.45, 7) is 0. The van der Waals surface area contributed by atoms with Crippen molar-refractivity contribution in [2.75, 3.05) is 0 Å². The Morgan fingerprint density at radius 3 is 2.19 bits per heavy atom. The summed E-state index contributed by atoms with van der Waals surface area (Å²) in [7, 11) is 0. The standard InChI is InChI=1S/C39H30N4/c1-3-12-29(13-4-1)30-20-22-31(23-21-30)38-37-19-9-10-26-42(37)39(40-38)43-28-32(35-17-7-8-18-36(35)43)24-25-34-16-11-27-41(34)33-14-5-2-6-15-33/h1-28,39-40H/b25-24-. The highest BCUT2D eigenvalue weighted by molar-refractivity contribution is 5.92. The molecule has 0 saturated carbocycles. The third-order valence-electron chi connectivity index (χ3n) is 8.25. The quantitative estimate of drug-likeness (QED) is 0.222. The van der Waals surface area contributed by atoms with Gasteiger partial charge in [0.2, 0.25) is 0 Å². The second kappa shape index (κ2) is 10.6. The zero-order chi connectivity index (χ0) is 28.6. The first-order valence-corrected chi connectivity index (χ1v) is 14.6. The van der Waals surface area contributed by atoms with Gasteiger partial charge in [0, 0.05) is 40.9 Å². The molecule has 1 unspecified atom stereocenters. The first kappa shape index (κ1) is 25.0. The lowest BCUT2D eigenvalue weighted by Gasteiger charge is -2.27. The van der Waals surface area contributed by atoms with E-state index >= 15 is 0 Å². The molecule has 0 amide bonds. The van der Waals surface area contributed by atoms with Gasteiger partial charge in [-0.1, -0.05) is 103 Å². The molecular weight excluding hydrogens is 524 g/mol. The molecule has 8 rings (SSSR count). The van der Waals surface area contributed by atoms with Gasteiger partial charge in [0.1, 0.15) is 0 Å².